The summed E-state index contributed by atoms with van der Waals surface area (Å²) in [6, 6.07) is 16.5. The van der Waals surface area contributed by atoms with Gasteiger partial charge in [0.1, 0.15) is 17.0 Å². The third-order valence-electron chi connectivity index (χ3n) is 5.26. The van der Waals surface area contributed by atoms with E-state index in [0.717, 1.165) is 27.8 Å². The van der Waals surface area contributed by atoms with Gasteiger partial charge in [-0.1, -0.05) is 31.2 Å². The fourth-order valence-corrected chi connectivity index (χ4v) is 5.36. The molecule has 0 aliphatic heterocycles. The molecule has 10 heteroatoms. The third kappa shape index (κ3) is 4.45. The Hall–Kier alpha value is -3.89. The van der Waals surface area contributed by atoms with Crippen LogP contribution in [-0.4, -0.2) is 28.4 Å². The summed E-state index contributed by atoms with van der Waals surface area (Å²) < 4.78 is 27.6. The van der Waals surface area contributed by atoms with Gasteiger partial charge in [0.2, 0.25) is 5.95 Å². The first kappa shape index (κ1) is 21.9. The van der Waals surface area contributed by atoms with E-state index in [2.05, 4.69) is 66.5 Å². The fraction of sp³-hybridized carbons (Fsp3) is 0.0833. The molecule has 2 aromatic carbocycles. The molecule has 0 bridgehead atoms. The number of anilines is 3. The second kappa shape index (κ2) is 9.16. The maximum Gasteiger partial charge on any atom is 0.264 e. The largest absolute Gasteiger partial charge is 0.340 e. The number of nitrogens with zero attached hydrogens (tertiary/aromatic N) is 4. The maximum atomic E-state index is 12.6. The Morgan fingerprint density at radius 2 is 1.65 bits per heavy atom. The van der Waals surface area contributed by atoms with Crippen LogP contribution in [0.2, 0.25) is 0 Å². The Morgan fingerprint density at radius 3 is 2.35 bits per heavy atom. The van der Waals surface area contributed by atoms with Gasteiger partial charge >= 0.3 is 0 Å². The van der Waals surface area contributed by atoms with E-state index in [0.29, 0.717) is 11.5 Å². The molecule has 0 saturated heterocycles. The van der Waals surface area contributed by atoms with Crippen LogP contribution < -0.4 is 10.0 Å². The van der Waals surface area contributed by atoms with Gasteiger partial charge in [0, 0.05) is 29.0 Å². The predicted octanol–water partition coefficient (Wildman–Crippen LogP) is 5.26. The van der Waals surface area contributed by atoms with Crippen LogP contribution in [0.3, 0.4) is 0 Å². The highest BCUT2D eigenvalue weighted by Crippen LogP contribution is 2.37. The van der Waals surface area contributed by atoms with Gasteiger partial charge in [-0.15, -0.1) is 11.3 Å². The van der Waals surface area contributed by atoms with Gasteiger partial charge in [0.25, 0.3) is 10.0 Å². The minimum atomic E-state index is -3.80. The molecule has 0 radical (unpaired) electrons. The number of rotatable bonds is 7. The Morgan fingerprint density at radius 1 is 0.912 bits per heavy atom. The molecule has 8 nitrogen and oxygen atoms in total. The average Bonchev–Trinajstić information content (AvgIpc) is 3.30. The normalized spacial score (nSPS) is 11.4. The van der Waals surface area contributed by atoms with Crippen LogP contribution in [0.5, 0.6) is 0 Å². The molecule has 3 aromatic heterocycles. The van der Waals surface area contributed by atoms with Gasteiger partial charge in [-0.25, -0.2) is 33.1 Å². The molecule has 0 spiro atoms. The lowest BCUT2D eigenvalue weighted by Crippen LogP contribution is -2.14. The molecule has 0 unspecified atom stereocenters. The highest BCUT2D eigenvalue weighted by atomic mass is 32.2. The first-order valence-electron chi connectivity index (χ1n) is 10.5. The molecule has 0 saturated carbocycles. The summed E-state index contributed by atoms with van der Waals surface area (Å²) in [4.78, 5) is 17.7. The highest BCUT2D eigenvalue weighted by Gasteiger charge is 2.17. The molecule has 0 amide bonds. The molecular weight excluding hydrogens is 468 g/mol. The van der Waals surface area contributed by atoms with Crippen LogP contribution in [0.25, 0.3) is 21.3 Å². The lowest BCUT2D eigenvalue weighted by atomic mass is 10.0. The minimum absolute atomic E-state index is 0.0186. The number of aryl methyl sites for hydroxylation is 1. The molecule has 0 atom stereocenters. The van der Waals surface area contributed by atoms with Crippen LogP contribution in [0.1, 0.15) is 12.5 Å². The average molecular weight is 489 g/mol. The summed E-state index contributed by atoms with van der Waals surface area (Å²) in [5, 5.41) is 6.32. The van der Waals surface area contributed by atoms with Crippen molar-refractivity contribution in [3.8, 4) is 11.1 Å². The van der Waals surface area contributed by atoms with E-state index in [4.69, 9.17) is 0 Å². The highest BCUT2D eigenvalue weighted by molar-refractivity contribution is 7.92. The van der Waals surface area contributed by atoms with Gasteiger partial charge in [-0.2, -0.15) is 0 Å². The van der Waals surface area contributed by atoms with Crippen molar-refractivity contribution in [3.63, 3.8) is 0 Å². The van der Waals surface area contributed by atoms with E-state index in [9.17, 15) is 8.42 Å². The van der Waals surface area contributed by atoms with E-state index in [-0.39, 0.29) is 10.8 Å². The topological polar surface area (TPSA) is 110 Å². The van der Waals surface area contributed by atoms with Gasteiger partial charge in [0.15, 0.2) is 0 Å². The van der Waals surface area contributed by atoms with Gasteiger partial charge < -0.3 is 5.32 Å². The van der Waals surface area contributed by atoms with Crippen molar-refractivity contribution in [3.05, 3.63) is 84.3 Å². The summed E-state index contributed by atoms with van der Waals surface area (Å²) in [5.74, 6) is 0.678. The van der Waals surface area contributed by atoms with E-state index < -0.39 is 10.0 Å². The maximum absolute atomic E-state index is 12.6. The summed E-state index contributed by atoms with van der Waals surface area (Å²) in [7, 11) is -3.80. The zero-order chi connectivity index (χ0) is 23.5. The molecule has 0 fully saturated rings. The smallest absolute Gasteiger partial charge is 0.264 e. The number of benzene rings is 2. The molecule has 170 valence electrons. The van der Waals surface area contributed by atoms with Crippen molar-refractivity contribution in [2.24, 2.45) is 0 Å². The SMILES string of the molecule is CCc1ccc(-c2csc3ncnc(Nc4ccc(S(=O)(=O)Nc5ncccn5)cc4)c23)cc1. The van der Waals surface area contributed by atoms with Crippen LogP contribution in [0.4, 0.5) is 17.5 Å². The van der Waals surface area contributed by atoms with Crippen LogP contribution in [0, 0.1) is 0 Å². The van der Waals surface area contributed by atoms with Gasteiger partial charge in [-0.05, 0) is 47.9 Å². The standard InChI is InChI=1S/C24H20N6O2S2/c1-2-16-4-6-17(7-5-16)20-14-33-23-21(20)22(27-15-28-23)29-18-8-10-19(11-9-18)34(31,32)30-24-25-12-3-13-26-24/h3-15H,2H2,1H3,(H,25,26,30)(H,27,28,29). The molecule has 3 heterocycles. The quantitative estimate of drug-likeness (QED) is 0.322. The first-order valence-corrected chi connectivity index (χ1v) is 12.9. The fourth-order valence-electron chi connectivity index (χ4n) is 3.49. The van der Waals surface area contributed by atoms with Crippen molar-refractivity contribution in [2.45, 2.75) is 18.2 Å². The summed E-state index contributed by atoms with van der Waals surface area (Å²) >= 11 is 1.56. The second-order valence-corrected chi connectivity index (χ2v) is 9.97. The first-order chi connectivity index (χ1) is 16.5. The molecule has 0 aliphatic rings. The summed E-state index contributed by atoms with van der Waals surface area (Å²) in [6.07, 6.45) is 5.45. The van der Waals surface area contributed by atoms with Crippen molar-refractivity contribution < 1.29 is 8.42 Å². The third-order valence-corrected chi connectivity index (χ3v) is 7.49. The lowest BCUT2D eigenvalue weighted by Gasteiger charge is -2.10. The van der Waals surface area contributed by atoms with Crippen LogP contribution in [-0.2, 0) is 16.4 Å². The van der Waals surface area contributed by atoms with E-state index in [1.807, 2.05) is 0 Å². The van der Waals surface area contributed by atoms with E-state index in [1.165, 1.54) is 36.4 Å². The lowest BCUT2D eigenvalue weighted by molar-refractivity contribution is 0.601. The van der Waals surface area contributed by atoms with Crippen molar-refractivity contribution in [2.75, 3.05) is 10.0 Å². The number of nitrogens with one attached hydrogen (secondary N) is 2. The van der Waals surface area contributed by atoms with Crippen LogP contribution in [0.15, 0.2) is 83.6 Å². The molecule has 5 rings (SSSR count). The van der Waals surface area contributed by atoms with Gasteiger partial charge in [-0.3, -0.25) is 0 Å². The van der Waals surface area contributed by atoms with E-state index in [1.54, 1.807) is 29.5 Å². The summed E-state index contributed by atoms with van der Waals surface area (Å²) in [5.41, 5.74) is 4.13. The van der Waals surface area contributed by atoms with E-state index >= 15 is 0 Å². The second-order valence-electron chi connectivity index (χ2n) is 7.43. The van der Waals surface area contributed by atoms with Crippen molar-refractivity contribution >= 4 is 49.0 Å². The summed E-state index contributed by atoms with van der Waals surface area (Å²) in [6.45, 7) is 2.13. The molecule has 34 heavy (non-hydrogen) atoms. The number of hydrogen-bond acceptors (Lipinski definition) is 8. The Bertz CT molecular complexity index is 1530. The number of hydrogen-bond donors (Lipinski definition) is 2. The minimum Gasteiger partial charge on any atom is -0.340 e. The van der Waals surface area contributed by atoms with Crippen molar-refractivity contribution in [1.82, 2.24) is 19.9 Å². The number of fused-ring (bicyclic) bond motifs is 1. The Kier molecular flexibility index (Phi) is 5.91. The zero-order valence-electron chi connectivity index (χ0n) is 18.1. The zero-order valence-corrected chi connectivity index (χ0v) is 19.8. The Labute approximate surface area is 200 Å². The molecule has 2 N–H and O–H groups in total. The number of thiophene rings is 1. The predicted molar refractivity (Wildman–Crippen MR) is 135 cm³/mol. The van der Waals surface area contributed by atoms with Crippen molar-refractivity contribution in [1.29, 1.82) is 0 Å². The molecule has 5 aromatic rings. The number of sulfonamides is 1. The number of aromatic nitrogens is 4. The van der Waals surface area contributed by atoms with Gasteiger partial charge in [0.05, 0.1) is 10.3 Å². The molecule has 0 aliphatic carbocycles. The molecular formula is C24H20N6O2S2. The Balaban J connectivity index is 1.43. The monoisotopic (exact) mass is 488 g/mol. The van der Waals surface area contributed by atoms with Crippen LogP contribution >= 0.6 is 11.3 Å².